The van der Waals surface area contributed by atoms with Crippen molar-refractivity contribution in [2.24, 2.45) is 0 Å². The first kappa shape index (κ1) is 20.4. The molecular formula is C21H24N4O4S. The molecule has 1 aromatic carbocycles. The van der Waals surface area contributed by atoms with Gasteiger partial charge in [-0.1, -0.05) is 12.1 Å². The Morgan fingerprint density at radius 2 is 1.93 bits per heavy atom. The van der Waals surface area contributed by atoms with E-state index in [9.17, 15) is 14.4 Å². The molecule has 9 heteroatoms. The monoisotopic (exact) mass is 428 g/mol. The van der Waals surface area contributed by atoms with Gasteiger partial charge in [0.25, 0.3) is 11.5 Å². The van der Waals surface area contributed by atoms with Gasteiger partial charge in [-0.25, -0.2) is 4.79 Å². The molecule has 0 unspecified atom stereocenters. The first-order valence-electron chi connectivity index (χ1n) is 9.81. The predicted octanol–water partition coefficient (Wildman–Crippen LogP) is 2.59. The van der Waals surface area contributed by atoms with Gasteiger partial charge in [-0.2, -0.15) is 0 Å². The van der Waals surface area contributed by atoms with Gasteiger partial charge < -0.3 is 15.0 Å². The zero-order valence-corrected chi connectivity index (χ0v) is 18.0. The molecule has 0 spiro atoms. The zero-order chi connectivity index (χ0) is 21.4. The highest BCUT2D eigenvalue weighted by molar-refractivity contribution is 7.20. The van der Waals surface area contributed by atoms with Crippen molar-refractivity contribution < 1.29 is 9.53 Å². The molecule has 1 amide bonds. The van der Waals surface area contributed by atoms with Crippen LogP contribution in [0.5, 0.6) is 5.75 Å². The molecule has 1 aliphatic rings. The molecule has 0 saturated carbocycles. The number of amides is 1. The maximum absolute atomic E-state index is 13.2. The first-order chi connectivity index (χ1) is 14.4. The highest BCUT2D eigenvalue weighted by atomic mass is 32.1. The maximum atomic E-state index is 13.2. The molecule has 3 aromatic rings. The van der Waals surface area contributed by atoms with Crippen molar-refractivity contribution in [3.05, 3.63) is 55.5 Å². The Morgan fingerprint density at radius 1 is 1.23 bits per heavy atom. The van der Waals surface area contributed by atoms with Gasteiger partial charge in [-0.15, -0.1) is 11.3 Å². The van der Waals surface area contributed by atoms with Crippen molar-refractivity contribution in [3.63, 3.8) is 0 Å². The molecule has 1 fully saturated rings. The number of ether oxygens (including phenoxy) is 1. The number of methoxy groups -OCH3 is 1. The highest BCUT2D eigenvalue weighted by Crippen LogP contribution is 2.30. The number of nitrogens with one attached hydrogen (secondary N) is 2. The normalized spacial score (nSPS) is 15.4. The number of piperidine rings is 1. The lowest BCUT2D eigenvalue weighted by atomic mass is 10.1. The van der Waals surface area contributed by atoms with Gasteiger partial charge in [0, 0.05) is 6.04 Å². The van der Waals surface area contributed by atoms with Gasteiger partial charge in [0.15, 0.2) is 0 Å². The number of aromatic amines is 1. The summed E-state index contributed by atoms with van der Waals surface area (Å²) in [5.74, 6) is 0.201. The molecule has 0 aliphatic carbocycles. The lowest BCUT2D eigenvalue weighted by molar-refractivity contribution is 0.102. The number of aromatic nitrogens is 2. The minimum Gasteiger partial charge on any atom is -0.495 e. The fourth-order valence-corrected chi connectivity index (χ4v) is 5.04. The van der Waals surface area contributed by atoms with E-state index in [1.807, 2.05) is 13.1 Å². The van der Waals surface area contributed by atoms with Gasteiger partial charge in [0.1, 0.15) is 10.6 Å². The molecule has 0 radical (unpaired) electrons. The van der Waals surface area contributed by atoms with Crippen molar-refractivity contribution in [1.29, 1.82) is 0 Å². The molecule has 0 bridgehead atoms. The largest absolute Gasteiger partial charge is 0.495 e. The third-order valence-corrected chi connectivity index (χ3v) is 6.84. The smallest absolute Gasteiger partial charge is 0.329 e. The molecule has 2 aromatic heterocycles. The molecule has 158 valence electrons. The number of rotatable bonds is 4. The summed E-state index contributed by atoms with van der Waals surface area (Å²) in [5, 5.41) is 3.24. The van der Waals surface area contributed by atoms with Crippen molar-refractivity contribution in [1.82, 2.24) is 14.5 Å². The summed E-state index contributed by atoms with van der Waals surface area (Å²) in [7, 11) is 3.56. The summed E-state index contributed by atoms with van der Waals surface area (Å²) in [4.78, 5) is 44.7. The van der Waals surface area contributed by atoms with Gasteiger partial charge in [0.2, 0.25) is 0 Å². The number of thiophene rings is 1. The summed E-state index contributed by atoms with van der Waals surface area (Å²) in [6, 6.07) is 6.98. The van der Waals surface area contributed by atoms with Crippen LogP contribution in [0.1, 0.15) is 34.1 Å². The number of H-pyrrole nitrogens is 1. The van der Waals surface area contributed by atoms with Gasteiger partial charge in [0.05, 0.1) is 23.1 Å². The fraction of sp³-hybridized carbons (Fsp3) is 0.381. The van der Waals surface area contributed by atoms with Crippen LogP contribution in [-0.4, -0.2) is 47.6 Å². The second-order valence-corrected chi connectivity index (χ2v) is 8.58. The zero-order valence-electron chi connectivity index (χ0n) is 17.2. The van der Waals surface area contributed by atoms with Crippen LogP contribution in [-0.2, 0) is 0 Å². The van der Waals surface area contributed by atoms with E-state index >= 15 is 0 Å². The van der Waals surface area contributed by atoms with Crippen LogP contribution in [0.15, 0.2) is 33.9 Å². The minimum absolute atomic E-state index is 0.132. The lowest BCUT2D eigenvalue weighted by Crippen LogP contribution is -2.42. The Labute approximate surface area is 177 Å². The average Bonchev–Trinajstić information content (AvgIpc) is 3.06. The summed E-state index contributed by atoms with van der Waals surface area (Å²) >= 11 is 1.12. The molecule has 30 heavy (non-hydrogen) atoms. The van der Waals surface area contributed by atoms with Crippen LogP contribution < -0.4 is 21.3 Å². The quantitative estimate of drug-likeness (QED) is 0.666. The summed E-state index contributed by atoms with van der Waals surface area (Å²) in [6.45, 7) is 3.42. The van der Waals surface area contributed by atoms with E-state index in [0.717, 1.165) is 37.3 Å². The molecule has 2 N–H and O–H groups in total. The number of likely N-dealkylation sites (tertiary alicyclic amines) is 1. The molecule has 3 heterocycles. The molecule has 4 rings (SSSR count). The molecular weight excluding hydrogens is 404 g/mol. The van der Waals surface area contributed by atoms with Crippen LogP contribution in [0, 0.1) is 6.92 Å². The Balaban J connectivity index is 1.74. The number of carbonyl (C=O) groups is 1. The summed E-state index contributed by atoms with van der Waals surface area (Å²) < 4.78 is 6.61. The second kappa shape index (κ2) is 8.08. The van der Waals surface area contributed by atoms with Gasteiger partial charge in [-0.05, 0) is 57.6 Å². The van der Waals surface area contributed by atoms with E-state index in [1.165, 1.54) is 11.7 Å². The van der Waals surface area contributed by atoms with Gasteiger partial charge >= 0.3 is 5.69 Å². The van der Waals surface area contributed by atoms with Crippen LogP contribution in [0.3, 0.4) is 0 Å². The van der Waals surface area contributed by atoms with E-state index in [4.69, 9.17) is 4.74 Å². The highest BCUT2D eigenvalue weighted by Gasteiger charge is 2.25. The summed E-state index contributed by atoms with van der Waals surface area (Å²) in [5.41, 5.74) is 0.373. The van der Waals surface area contributed by atoms with Crippen LogP contribution in [0.4, 0.5) is 5.69 Å². The van der Waals surface area contributed by atoms with Crippen molar-refractivity contribution >= 4 is 33.1 Å². The van der Waals surface area contributed by atoms with E-state index in [-0.39, 0.29) is 17.5 Å². The van der Waals surface area contributed by atoms with E-state index in [0.29, 0.717) is 32.1 Å². The number of para-hydroxylation sites is 2. The molecule has 0 atom stereocenters. The number of aryl methyl sites for hydroxylation is 1. The standard InChI is InChI=1S/C21H24N4O4S/c1-12-16-19(23-21(28)25(20(16)27)13-8-10-24(2)11-9-13)30-17(12)18(26)22-14-6-4-5-7-15(14)29-3/h4-7,13H,8-11H2,1-3H3,(H,22,26)(H,23,28). The Bertz CT molecular complexity index is 1220. The Kier molecular flexibility index (Phi) is 5.48. The van der Waals surface area contributed by atoms with Crippen molar-refractivity contribution in [2.45, 2.75) is 25.8 Å². The van der Waals surface area contributed by atoms with E-state index < -0.39 is 5.69 Å². The Morgan fingerprint density at radius 3 is 2.63 bits per heavy atom. The SMILES string of the molecule is COc1ccccc1NC(=O)c1sc2[nH]c(=O)n(C3CCN(C)CC3)c(=O)c2c1C. The number of fused-ring (bicyclic) bond motifs is 1. The second-order valence-electron chi connectivity index (χ2n) is 7.55. The topological polar surface area (TPSA) is 96.4 Å². The molecule has 1 saturated heterocycles. The minimum atomic E-state index is -0.417. The van der Waals surface area contributed by atoms with Crippen molar-refractivity contribution in [2.75, 3.05) is 32.6 Å². The molecule has 8 nitrogen and oxygen atoms in total. The number of hydrogen-bond acceptors (Lipinski definition) is 6. The van der Waals surface area contributed by atoms with Gasteiger partial charge in [-0.3, -0.25) is 19.1 Å². The summed E-state index contributed by atoms with van der Waals surface area (Å²) in [6.07, 6.45) is 1.49. The average molecular weight is 429 g/mol. The van der Waals surface area contributed by atoms with Crippen molar-refractivity contribution in [3.8, 4) is 5.75 Å². The maximum Gasteiger partial charge on any atom is 0.329 e. The van der Waals surface area contributed by atoms with Crippen LogP contribution in [0.25, 0.3) is 10.2 Å². The van der Waals surface area contributed by atoms with Crippen LogP contribution in [0.2, 0.25) is 0 Å². The fourth-order valence-electron chi connectivity index (χ4n) is 3.96. The third-order valence-electron chi connectivity index (χ3n) is 5.63. The van der Waals surface area contributed by atoms with Crippen LogP contribution >= 0.6 is 11.3 Å². The number of anilines is 1. The van der Waals surface area contributed by atoms with E-state index in [1.54, 1.807) is 25.1 Å². The number of nitrogens with zero attached hydrogens (tertiary/aromatic N) is 2. The number of benzene rings is 1. The third kappa shape index (κ3) is 3.54. The first-order valence-corrected chi connectivity index (χ1v) is 10.6. The molecule has 1 aliphatic heterocycles. The predicted molar refractivity (Wildman–Crippen MR) is 118 cm³/mol. The Hall–Kier alpha value is -2.91. The number of hydrogen-bond donors (Lipinski definition) is 2. The van der Waals surface area contributed by atoms with E-state index in [2.05, 4.69) is 15.2 Å². The lowest BCUT2D eigenvalue weighted by Gasteiger charge is -2.29. The number of carbonyl (C=O) groups excluding carboxylic acids is 1.